The van der Waals surface area contributed by atoms with Gasteiger partial charge in [0.2, 0.25) is 0 Å². The Morgan fingerprint density at radius 3 is 2.59 bits per heavy atom. The van der Waals surface area contributed by atoms with Gasteiger partial charge in [-0.2, -0.15) is 0 Å². The van der Waals surface area contributed by atoms with Crippen LogP contribution in [0, 0.1) is 0 Å². The van der Waals surface area contributed by atoms with Gasteiger partial charge in [-0.25, -0.2) is 0 Å². The molecule has 27 heavy (non-hydrogen) atoms. The van der Waals surface area contributed by atoms with Gasteiger partial charge in [0.05, 0.1) is 25.5 Å². The van der Waals surface area contributed by atoms with Crippen molar-refractivity contribution in [1.82, 2.24) is 20.5 Å². The Morgan fingerprint density at radius 2 is 1.85 bits per heavy atom. The van der Waals surface area contributed by atoms with Crippen molar-refractivity contribution in [2.75, 3.05) is 33.4 Å². The molecule has 1 saturated heterocycles. The highest BCUT2D eigenvalue weighted by molar-refractivity contribution is 14.0. The lowest BCUT2D eigenvalue weighted by molar-refractivity contribution is 0.0342. The molecule has 3 rings (SSSR count). The van der Waals surface area contributed by atoms with Crippen LogP contribution in [0.15, 0.2) is 53.7 Å². The average molecular weight is 481 g/mol. The van der Waals surface area contributed by atoms with E-state index in [0.717, 1.165) is 51.0 Å². The van der Waals surface area contributed by atoms with E-state index in [2.05, 4.69) is 49.8 Å². The molecular formula is C20H28IN5O. The van der Waals surface area contributed by atoms with Gasteiger partial charge in [-0.1, -0.05) is 30.3 Å². The number of aromatic nitrogens is 1. The quantitative estimate of drug-likeness (QED) is 0.377. The van der Waals surface area contributed by atoms with Crippen molar-refractivity contribution in [3.63, 3.8) is 0 Å². The molecule has 1 aromatic heterocycles. The maximum Gasteiger partial charge on any atom is 0.191 e. The molecule has 0 saturated carbocycles. The molecule has 1 aliphatic rings. The third-order valence-corrected chi connectivity index (χ3v) is 4.35. The van der Waals surface area contributed by atoms with Gasteiger partial charge in [0.15, 0.2) is 5.96 Å². The van der Waals surface area contributed by atoms with E-state index in [4.69, 9.17) is 4.74 Å². The second-order valence-electron chi connectivity index (χ2n) is 6.31. The van der Waals surface area contributed by atoms with Crippen molar-refractivity contribution in [3.05, 3.63) is 65.5 Å². The summed E-state index contributed by atoms with van der Waals surface area (Å²) in [6, 6.07) is 14.6. The molecular weight excluding hydrogens is 453 g/mol. The van der Waals surface area contributed by atoms with E-state index in [1.165, 1.54) is 11.1 Å². The minimum absolute atomic E-state index is 0. The van der Waals surface area contributed by atoms with E-state index >= 15 is 0 Å². The monoisotopic (exact) mass is 481 g/mol. The topological polar surface area (TPSA) is 61.8 Å². The Morgan fingerprint density at radius 1 is 1.07 bits per heavy atom. The molecule has 0 unspecified atom stereocenters. The Kier molecular flexibility index (Phi) is 9.51. The number of guanidine groups is 1. The lowest BCUT2D eigenvalue weighted by Crippen LogP contribution is -2.36. The normalized spacial score (nSPS) is 15.1. The molecule has 2 aromatic rings. The summed E-state index contributed by atoms with van der Waals surface area (Å²) in [6.07, 6.45) is 1.80. The number of aliphatic imine (C=N–C) groups is 1. The van der Waals surface area contributed by atoms with Crippen LogP contribution in [-0.2, 0) is 24.4 Å². The van der Waals surface area contributed by atoms with Gasteiger partial charge in [-0.3, -0.25) is 14.9 Å². The highest BCUT2D eigenvalue weighted by Crippen LogP contribution is 2.10. The van der Waals surface area contributed by atoms with E-state index in [1.54, 1.807) is 13.2 Å². The minimum atomic E-state index is 0. The van der Waals surface area contributed by atoms with Crippen molar-refractivity contribution in [2.24, 2.45) is 4.99 Å². The predicted molar refractivity (Wildman–Crippen MR) is 119 cm³/mol. The molecule has 1 aromatic carbocycles. The molecule has 146 valence electrons. The summed E-state index contributed by atoms with van der Waals surface area (Å²) in [5, 5.41) is 6.65. The summed E-state index contributed by atoms with van der Waals surface area (Å²) in [5.41, 5.74) is 3.57. The molecule has 6 nitrogen and oxygen atoms in total. The highest BCUT2D eigenvalue weighted by Gasteiger charge is 2.10. The maximum absolute atomic E-state index is 5.42. The van der Waals surface area contributed by atoms with Crippen molar-refractivity contribution in [2.45, 2.75) is 19.6 Å². The fourth-order valence-electron chi connectivity index (χ4n) is 2.94. The van der Waals surface area contributed by atoms with E-state index < -0.39 is 0 Å². The lowest BCUT2D eigenvalue weighted by Gasteiger charge is -2.26. The third-order valence-electron chi connectivity index (χ3n) is 4.35. The summed E-state index contributed by atoms with van der Waals surface area (Å²) in [5.74, 6) is 0.772. The van der Waals surface area contributed by atoms with E-state index in [-0.39, 0.29) is 24.0 Å². The number of nitrogens with zero attached hydrogens (tertiary/aromatic N) is 3. The molecule has 0 bridgehead atoms. The van der Waals surface area contributed by atoms with Crippen LogP contribution in [0.3, 0.4) is 0 Å². The number of rotatable bonds is 6. The Labute approximate surface area is 178 Å². The SMILES string of the molecule is CN=C(NCc1cccc(CN2CCOCC2)c1)NCc1ccccn1.I. The fraction of sp³-hybridized carbons (Fsp3) is 0.400. The molecule has 7 heteroatoms. The summed E-state index contributed by atoms with van der Waals surface area (Å²) in [4.78, 5) is 11.0. The number of pyridine rings is 1. The predicted octanol–water partition coefficient (Wildman–Crippen LogP) is 2.40. The maximum atomic E-state index is 5.42. The van der Waals surface area contributed by atoms with Crippen LogP contribution >= 0.6 is 24.0 Å². The first kappa shape index (κ1) is 21.6. The Bertz CT molecular complexity index is 705. The first-order valence-corrected chi connectivity index (χ1v) is 9.06. The highest BCUT2D eigenvalue weighted by atomic mass is 127. The number of nitrogens with one attached hydrogen (secondary N) is 2. The summed E-state index contributed by atoms with van der Waals surface area (Å²) < 4.78 is 5.42. The Balaban J connectivity index is 0.00000261. The number of morpholine rings is 1. The number of halogens is 1. The van der Waals surface area contributed by atoms with Crippen molar-refractivity contribution < 1.29 is 4.74 Å². The molecule has 1 aliphatic heterocycles. The van der Waals surface area contributed by atoms with Gasteiger partial charge < -0.3 is 15.4 Å². The molecule has 0 aliphatic carbocycles. The number of benzene rings is 1. The molecule has 2 N–H and O–H groups in total. The zero-order valence-corrected chi connectivity index (χ0v) is 18.1. The van der Waals surface area contributed by atoms with Gasteiger partial charge in [-0.15, -0.1) is 24.0 Å². The van der Waals surface area contributed by atoms with Crippen LogP contribution in [0.1, 0.15) is 16.8 Å². The smallest absolute Gasteiger partial charge is 0.191 e. The van der Waals surface area contributed by atoms with Gasteiger partial charge in [0, 0.05) is 39.4 Å². The van der Waals surface area contributed by atoms with Crippen LogP contribution in [0.25, 0.3) is 0 Å². The minimum Gasteiger partial charge on any atom is -0.379 e. The lowest BCUT2D eigenvalue weighted by atomic mass is 10.1. The van der Waals surface area contributed by atoms with Crippen molar-refractivity contribution in [3.8, 4) is 0 Å². The van der Waals surface area contributed by atoms with E-state index in [1.807, 2.05) is 18.2 Å². The molecule has 0 radical (unpaired) electrons. The van der Waals surface area contributed by atoms with Gasteiger partial charge in [0.1, 0.15) is 0 Å². The first-order valence-electron chi connectivity index (χ1n) is 9.06. The van der Waals surface area contributed by atoms with E-state index in [9.17, 15) is 0 Å². The third kappa shape index (κ3) is 7.43. The second-order valence-corrected chi connectivity index (χ2v) is 6.31. The van der Waals surface area contributed by atoms with Gasteiger partial charge >= 0.3 is 0 Å². The number of hydrogen-bond donors (Lipinski definition) is 2. The molecule has 0 spiro atoms. The standard InChI is InChI=1S/C20H27N5O.HI/c1-21-20(24-15-19-7-2-3-8-22-19)23-14-17-5-4-6-18(13-17)16-25-9-11-26-12-10-25;/h2-8,13H,9-12,14-16H2,1H3,(H2,21,23,24);1H. The fourth-order valence-corrected chi connectivity index (χ4v) is 2.94. The number of hydrogen-bond acceptors (Lipinski definition) is 4. The molecule has 2 heterocycles. The van der Waals surface area contributed by atoms with Crippen molar-refractivity contribution >= 4 is 29.9 Å². The van der Waals surface area contributed by atoms with Crippen LogP contribution in [0.5, 0.6) is 0 Å². The zero-order valence-electron chi connectivity index (χ0n) is 15.7. The summed E-state index contributed by atoms with van der Waals surface area (Å²) in [6.45, 7) is 6.04. The van der Waals surface area contributed by atoms with Crippen LogP contribution in [-0.4, -0.2) is 49.2 Å². The number of ether oxygens (including phenoxy) is 1. The first-order chi connectivity index (χ1) is 12.8. The van der Waals surface area contributed by atoms with E-state index in [0.29, 0.717) is 6.54 Å². The summed E-state index contributed by atoms with van der Waals surface area (Å²) >= 11 is 0. The Hall–Kier alpha value is -1.71. The average Bonchev–Trinajstić information content (AvgIpc) is 2.70. The second kappa shape index (κ2) is 11.9. The van der Waals surface area contributed by atoms with Gasteiger partial charge in [-0.05, 0) is 23.3 Å². The zero-order chi connectivity index (χ0) is 18.0. The van der Waals surface area contributed by atoms with Crippen LogP contribution < -0.4 is 10.6 Å². The molecule has 1 fully saturated rings. The largest absolute Gasteiger partial charge is 0.379 e. The van der Waals surface area contributed by atoms with Crippen LogP contribution in [0.4, 0.5) is 0 Å². The molecule has 0 atom stereocenters. The van der Waals surface area contributed by atoms with Gasteiger partial charge in [0.25, 0.3) is 0 Å². The molecule has 0 amide bonds. The summed E-state index contributed by atoms with van der Waals surface area (Å²) in [7, 11) is 1.78. The van der Waals surface area contributed by atoms with Crippen molar-refractivity contribution in [1.29, 1.82) is 0 Å². The van der Waals surface area contributed by atoms with Crippen LogP contribution in [0.2, 0.25) is 0 Å².